The molecule has 1 heterocycles. The third-order valence-corrected chi connectivity index (χ3v) is 3.44. The van der Waals surface area contributed by atoms with Crippen LogP contribution >= 0.6 is 0 Å². The Balaban J connectivity index is 1.68. The van der Waals surface area contributed by atoms with Gasteiger partial charge in [-0.25, -0.2) is 0 Å². The standard InChI is InChI=1S/C18H23N3O2/c1-21(13-16-8-5-9-19-11-16)14-18(23)20-12-17(22)10-15-6-3-2-4-7-15/h2-9,11,17,22H,10,12-14H2,1H3,(H,20,23). The summed E-state index contributed by atoms with van der Waals surface area (Å²) in [5, 5.41) is 12.8. The average molecular weight is 313 g/mol. The summed E-state index contributed by atoms with van der Waals surface area (Å²) in [6, 6.07) is 13.6. The van der Waals surface area contributed by atoms with Gasteiger partial charge in [-0.2, -0.15) is 0 Å². The van der Waals surface area contributed by atoms with Gasteiger partial charge in [0.25, 0.3) is 0 Å². The predicted molar refractivity (Wildman–Crippen MR) is 89.7 cm³/mol. The highest BCUT2D eigenvalue weighted by Crippen LogP contribution is 2.03. The number of carbonyl (C=O) groups is 1. The lowest BCUT2D eigenvalue weighted by molar-refractivity contribution is -0.122. The molecule has 1 unspecified atom stereocenters. The second-order valence-corrected chi connectivity index (χ2v) is 5.68. The van der Waals surface area contributed by atoms with Crippen LogP contribution in [0.3, 0.4) is 0 Å². The smallest absolute Gasteiger partial charge is 0.234 e. The summed E-state index contributed by atoms with van der Waals surface area (Å²) in [5.41, 5.74) is 2.12. The lowest BCUT2D eigenvalue weighted by Crippen LogP contribution is -2.39. The van der Waals surface area contributed by atoms with Crippen molar-refractivity contribution in [3.63, 3.8) is 0 Å². The first-order valence-corrected chi connectivity index (χ1v) is 7.69. The van der Waals surface area contributed by atoms with E-state index in [2.05, 4.69) is 10.3 Å². The van der Waals surface area contributed by atoms with Crippen molar-refractivity contribution in [2.45, 2.75) is 19.1 Å². The number of benzene rings is 1. The van der Waals surface area contributed by atoms with Crippen LogP contribution in [0.4, 0.5) is 0 Å². The van der Waals surface area contributed by atoms with Gasteiger partial charge < -0.3 is 10.4 Å². The lowest BCUT2D eigenvalue weighted by Gasteiger charge is -2.17. The van der Waals surface area contributed by atoms with E-state index in [9.17, 15) is 9.90 Å². The van der Waals surface area contributed by atoms with Crippen LogP contribution in [0.1, 0.15) is 11.1 Å². The summed E-state index contributed by atoms with van der Waals surface area (Å²) in [6.07, 6.45) is 3.47. The van der Waals surface area contributed by atoms with Gasteiger partial charge in [0.15, 0.2) is 0 Å². The third kappa shape index (κ3) is 6.59. The Hall–Kier alpha value is -2.24. The minimum Gasteiger partial charge on any atom is -0.391 e. The average Bonchev–Trinajstić information content (AvgIpc) is 2.55. The molecule has 2 rings (SSSR count). The maximum absolute atomic E-state index is 11.9. The molecule has 0 spiro atoms. The van der Waals surface area contributed by atoms with Gasteiger partial charge in [0.05, 0.1) is 12.6 Å². The summed E-state index contributed by atoms with van der Waals surface area (Å²) in [4.78, 5) is 17.9. The molecule has 1 atom stereocenters. The molecular formula is C18H23N3O2. The summed E-state index contributed by atoms with van der Waals surface area (Å²) in [6.45, 7) is 1.20. The first kappa shape index (κ1) is 17.1. The van der Waals surface area contributed by atoms with Crippen LogP contribution < -0.4 is 5.32 Å². The second-order valence-electron chi connectivity index (χ2n) is 5.68. The molecule has 5 nitrogen and oxygen atoms in total. The molecule has 0 aliphatic heterocycles. The molecule has 2 N–H and O–H groups in total. The zero-order valence-electron chi connectivity index (χ0n) is 13.4. The Morgan fingerprint density at radius 3 is 2.65 bits per heavy atom. The molecule has 0 radical (unpaired) electrons. The molecule has 2 aromatic rings. The molecule has 1 aromatic carbocycles. The molecule has 122 valence electrons. The van der Waals surface area contributed by atoms with Gasteiger partial charge in [-0.3, -0.25) is 14.7 Å². The van der Waals surface area contributed by atoms with Gasteiger partial charge in [-0.15, -0.1) is 0 Å². The first-order valence-electron chi connectivity index (χ1n) is 7.69. The van der Waals surface area contributed by atoms with Gasteiger partial charge in [-0.1, -0.05) is 36.4 Å². The number of aliphatic hydroxyl groups excluding tert-OH is 1. The zero-order valence-corrected chi connectivity index (χ0v) is 13.4. The van der Waals surface area contributed by atoms with Crippen molar-refractivity contribution in [2.75, 3.05) is 20.1 Å². The van der Waals surface area contributed by atoms with Crippen LogP contribution in [-0.4, -0.2) is 47.1 Å². The van der Waals surface area contributed by atoms with E-state index in [1.807, 2.05) is 54.4 Å². The molecule has 1 amide bonds. The van der Waals surface area contributed by atoms with Gasteiger partial charge in [-0.05, 0) is 24.2 Å². The predicted octanol–water partition coefficient (Wildman–Crippen LogP) is 1.23. The Morgan fingerprint density at radius 1 is 1.22 bits per heavy atom. The van der Waals surface area contributed by atoms with Crippen molar-refractivity contribution >= 4 is 5.91 Å². The lowest BCUT2D eigenvalue weighted by atomic mass is 10.1. The van der Waals surface area contributed by atoms with E-state index in [4.69, 9.17) is 0 Å². The molecule has 0 aliphatic rings. The fourth-order valence-electron chi connectivity index (χ4n) is 2.35. The van der Waals surface area contributed by atoms with E-state index in [0.717, 1.165) is 11.1 Å². The molecule has 0 fully saturated rings. The van der Waals surface area contributed by atoms with Gasteiger partial charge >= 0.3 is 0 Å². The molecule has 5 heteroatoms. The van der Waals surface area contributed by atoms with Crippen LogP contribution in [0.25, 0.3) is 0 Å². The van der Waals surface area contributed by atoms with E-state index >= 15 is 0 Å². The summed E-state index contributed by atoms with van der Waals surface area (Å²) >= 11 is 0. The third-order valence-electron chi connectivity index (χ3n) is 3.44. The summed E-state index contributed by atoms with van der Waals surface area (Å²) in [5.74, 6) is -0.0940. The van der Waals surface area contributed by atoms with Crippen molar-refractivity contribution < 1.29 is 9.90 Å². The Labute approximate surface area is 137 Å². The Bertz CT molecular complexity index is 590. The van der Waals surface area contributed by atoms with Gasteiger partial charge in [0.2, 0.25) is 5.91 Å². The monoisotopic (exact) mass is 313 g/mol. The minimum absolute atomic E-state index is 0.0940. The van der Waals surface area contributed by atoms with Crippen molar-refractivity contribution in [3.05, 3.63) is 66.0 Å². The summed E-state index contributed by atoms with van der Waals surface area (Å²) in [7, 11) is 1.88. The maximum atomic E-state index is 11.9. The highest BCUT2D eigenvalue weighted by Gasteiger charge is 2.10. The number of nitrogens with one attached hydrogen (secondary N) is 1. The molecule has 23 heavy (non-hydrogen) atoms. The van der Waals surface area contributed by atoms with Gasteiger partial charge in [0.1, 0.15) is 0 Å². The molecular weight excluding hydrogens is 290 g/mol. The Kier molecular flexibility index (Phi) is 6.72. The molecule has 0 saturated heterocycles. The van der Waals surface area contributed by atoms with Crippen LogP contribution in [0.5, 0.6) is 0 Å². The van der Waals surface area contributed by atoms with Crippen molar-refractivity contribution in [3.8, 4) is 0 Å². The van der Waals surface area contributed by atoms with E-state index in [1.165, 1.54) is 0 Å². The Morgan fingerprint density at radius 2 is 1.96 bits per heavy atom. The van der Waals surface area contributed by atoms with Crippen LogP contribution in [0.2, 0.25) is 0 Å². The highest BCUT2D eigenvalue weighted by molar-refractivity contribution is 5.78. The van der Waals surface area contributed by atoms with E-state index in [0.29, 0.717) is 13.0 Å². The quantitative estimate of drug-likeness (QED) is 0.769. The normalized spacial score (nSPS) is 12.1. The maximum Gasteiger partial charge on any atom is 0.234 e. The summed E-state index contributed by atoms with van der Waals surface area (Å²) < 4.78 is 0. The largest absolute Gasteiger partial charge is 0.391 e. The van der Waals surface area contributed by atoms with Crippen LogP contribution in [0.15, 0.2) is 54.9 Å². The van der Waals surface area contributed by atoms with Crippen molar-refractivity contribution in [1.29, 1.82) is 0 Å². The number of pyridine rings is 1. The molecule has 0 bridgehead atoms. The number of hydrogen-bond donors (Lipinski definition) is 2. The SMILES string of the molecule is CN(CC(=O)NCC(O)Cc1ccccc1)Cc1cccnc1. The number of likely N-dealkylation sites (N-methyl/N-ethyl adjacent to an activating group) is 1. The number of rotatable bonds is 8. The zero-order chi connectivity index (χ0) is 16.5. The molecule has 0 aliphatic carbocycles. The topological polar surface area (TPSA) is 65.5 Å². The number of hydrogen-bond acceptors (Lipinski definition) is 4. The minimum atomic E-state index is -0.579. The molecule has 1 aromatic heterocycles. The van der Waals surface area contributed by atoms with E-state index in [-0.39, 0.29) is 19.0 Å². The number of aliphatic hydroxyl groups is 1. The fraction of sp³-hybridized carbons (Fsp3) is 0.333. The number of carbonyl (C=O) groups excluding carboxylic acids is 1. The van der Waals surface area contributed by atoms with Crippen molar-refractivity contribution in [1.82, 2.24) is 15.2 Å². The number of amides is 1. The fourth-order valence-corrected chi connectivity index (χ4v) is 2.35. The molecule has 0 saturated carbocycles. The highest BCUT2D eigenvalue weighted by atomic mass is 16.3. The van der Waals surface area contributed by atoms with Crippen LogP contribution in [0, 0.1) is 0 Å². The van der Waals surface area contributed by atoms with E-state index in [1.54, 1.807) is 12.4 Å². The number of aromatic nitrogens is 1. The van der Waals surface area contributed by atoms with Crippen molar-refractivity contribution in [2.24, 2.45) is 0 Å². The first-order chi connectivity index (χ1) is 11.1. The number of nitrogens with zero attached hydrogens (tertiary/aromatic N) is 2. The second kappa shape index (κ2) is 9.02. The van der Waals surface area contributed by atoms with Crippen LogP contribution in [-0.2, 0) is 17.8 Å². The van der Waals surface area contributed by atoms with Gasteiger partial charge in [0, 0.05) is 31.9 Å². The van der Waals surface area contributed by atoms with E-state index < -0.39 is 6.10 Å².